The number of rotatable bonds is 3. The van der Waals surface area contributed by atoms with Gasteiger partial charge in [-0.15, -0.1) is 0 Å². The van der Waals surface area contributed by atoms with Gasteiger partial charge in [0.05, 0.1) is 5.69 Å². The fourth-order valence-corrected chi connectivity index (χ4v) is 2.40. The zero-order valence-corrected chi connectivity index (χ0v) is 11.7. The molecule has 0 saturated carbocycles. The van der Waals surface area contributed by atoms with Crippen LogP contribution >= 0.6 is 0 Å². The van der Waals surface area contributed by atoms with Gasteiger partial charge >= 0.3 is 0 Å². The molecule has 4 N–H and O–H groups in total. The molecule has 19 heavy (non-hydrogen) atoms. The molecule has 1 heterocycles. The fourth-order valence-electron chi connectivity index (χ4n) is 2.40. The molecule has 0 unspecified atom stereocenters. The monoisotopic (exact) mass is 256 g/mol. The lowest BCUT2D eigenvalue weighted by Crippen LogP contribution is -2.07. The van der Waals surface area contributed by atoms with Gasteiger partial charge in [0.15, 0.2) is 0 Å². The van der Waals surface area contributed by atoms with Crippen LogP contribution in [0.3, 0.4) is 0 Å². The third kappa shape index (κ3) is 2.84. The number of anilines is 2. The molecule has 0 radical (unpaired) electrons. The van der Waals surface area contributed by atoms with Gasteiger partial charge in [0.1, 0.15) is 5.82 Å². The second-order valence-electron chi connectivity index (χ2n) is 4.92. The molecule has 0 saturated heterocycles. The van der Waals surface area contributed by atoms with E-state index < -0.39 is 0 Å². The lowest BCUT2D eigenvalue weighted by Gasteiger charge is -2.13. The number of nitrogen functional groups attached to an aromatic ring is 2. The van der Waals surface area contributed by atoms with Crippen LogP contribution in [0.1, 0.15) is 30.2 Å². The number of benzene rings is 1. The summed E-state index contributed by atoms with van der Waals surface area (Å²) in [6, 6.07) is 6.35. The Hall–Kier alpha value is -2.10. The number of aryl methyl sites for hydroxylation is 3. The fraction of sp³-hybridized carbons (Fsp3) is 0.333. The molecule has 0 bridgehead atoms. The number of hydrogen-bond acceptors (Lipinski definition) is 4. The van der Waals surface area contributed by atoms with Crippen LogP contribution < -0.4 is 11.5 Å². The Balaban J connectivity index is 2.65. The lowest BCUT2D eigenvalue weighted by molar-refractivity contribution is 0.880. The van der Waals surface area contributed by atoms with Crippen LogP contribution in [0.4, 0.5) is 11.8 Å². The van der Waals surface area contributed by atoms with Crippen molar-refractivity contribution in [1.29, 1.82) is 0 Å². The topological polar surface area (TPSA) is 77.8 Å². The van der Waals surface area contributed by atoms with E-state index in [9.17, 15) is 0 Å². The van der Waals surface area contributed by atoms with Crippen molar-refractivity contribution >= 4 is 11.8 Å². The van der Waals surface area contributed by atoms with E-state index in [1.165, 1.54) is 11.1 Å². The maximum atomic E-state index is 6.05. The average Bonchev–Trinajstić information content (AvgIpc) is 2.26. The van der Waals surface area contributed by atoms with Crippen molar-refractivity contribution in [3.05, 3.63) is 35.0 Å². The molecule has 1 aromatic heterocycles. The summed E-state index contributed by atoms with van der Waals surface area (Å²) < 4.78 is 0. The molecule has 0 aliphatic rings. The molecule has 0 atom stereocenters. The Labute approximate surface area is 113 Å². The summed E-state index contributed by atoms with van der Waals surface area (Å²) in [4.78, 5) is 8.44. The predicted molar refractivity (Wildman–Crippen MR) is 79.8 cm³/mol. The lowest BCUT2D eigenvalue weighted by atomic mass is 9.98. The minimum atomic E-state index is 0.245. The van der Waals surface area contributed by atoms with Gasteiger partial charge < -0.3 is 11.5 Å². The Bertz CT molecular complexity index is 585. The van der Waals surface area contributed by atoms with Gasteiger partial charge in [0.2, 0.25) is 5.95 Å². The molecule has 0 spiro atoms. The minimum Gasteiger partial charge on any atom is -0.383 e. The second-order valence-corrected chi connectivity index (χ2v) is 4.92. The molecule has 0 amide bonds. The zero-order valence-electron chi connectivity index (χ0n) is 11.7. The van der Waals surface area contributed by atoms with Gasteiger partial charge in [0.25, 0.3) is 0 Å². The van der Waals surface area contributed by atoms with Crippen LogP contribution in [0.5, 0.6) is 0 Å². The van der Waals surface area contributed by atoms with Gasteiger partial charge in [-0.3, -0.25) is 0 Å². The van der Waals surface area contributed by atoms with Crippen molar-refractivity contribution in [1.82, 2.24) is 9.97 Å². The highest BCUT2D eigenvalue weighted by atomic mass is 15.0. The Morgan fingerprint density at radius 2 is 1.63 bits per heavy atom. The first-order valence-electron chi connectivity index (χ1n) is 6.51. The third-order valence-corrected chi connectivity index (χ3v) is 3.03. The van der Waals surface area contributed by atoms with Crippen LogP contribution in [0.2, 0.25) is 0 Å². The highest BCUT2D eigenvalue weighted by Gasteiger charge is 2.13. The van der Waals surface area contributed by atoms with E-state index in [2.05, 4.69) is 48.9 Å². The number of nitrogens with two attached hydrogens (primary N) is 2. The van der Waals surface area contributed by atoms with Crippen LogP contribution in [0.15, 0.2) is 18.2 Å². The first-order chi connectivity index (χ1) is 9.01. The van der Waals surface area contributed by atoms with E-state index in [4.69, 9.17) is 11.5 Å². The predicted octanol–water partition coefficient (Wildman–Crippen LogP) is 2.88. The standard InChI is InChI=1S/C15H20N4/c1-4-5-12-13(14(16)19-15(17)18-12)11-7-9(2)6-10(3)8-11/h6-8H,4-5H2,1-3H3,(H4,16,17,18,19). The Kier molecular flexibility index (Phi) is 3.69. The van der Waals surface area contributed by atoms with Crippen molar-refractivity contribution < 1.29 is 0 Å². The van der Waals surface area contributed by atoms with Gasteiger partial charge in [-0.1, -0.05) is 42.7 Å². The van der Waals surface area contributed by atoms with Crippen LogP contribution in [-0.4, -0.2) is 9.97 Å². The van der Waals surface area contributed by atoms with Gasteiger partial charge in [-0.25, -0.2) is 4.98 Å². The summed E-state index contributed by atoms with van der Waals surface area (Å²) in [5, 5.41) is 0. The maximum Gasteiger partial charge on any atom is 0.222 e. The quantitative estimate of drug-likeness (QED) is 0.885. The minimum absolute atomic E-state index is 0.245. The van der Waals surface area contributed by atoms with Gasteiger partial charge in [-0.2, -0.15) is 4.98 Å². The molecule has 4 heteroatoms. The van der Waals surface area contributed by atoms with E-state index in [1.54, 1.807) is 0 Å². The van der Waals surface area contributed by atoms with Crippen LogP contribution in [-0.2, 0) is 6.42 Å². The molecule has 1 aromatic carbocycles. The molecule has 100 valence electrons. The summed E-state index contributed by atoms with van der Waals surface area (Å²) in [6.07, 6.45) is 1.84. The van der Waals surface area contributed by atoms with E-state index in [0.29, 0.717) is 5.82 Å². The zero-order chi connectivity index (χ0) is 14.0. The highest BCUT2D eigenvalue weighted by Crippen LogP contribution is 2.30. The average molecular weight is 256 g/mol. The van der Waals surface area contributed by atoms with Crippen molar-refractivity contribution in [2.24, 2.45) is 0 Å². The molecular formula is C15H20N4. The second kappa shape index (κ2) is 5.26. The first-order valence-corrected chi connectivity index (χ1v) is 6.51. The van der Waals surface area contributed by atoms with Crippen molar-refractivity contribution in [3.8, 4) is 11.1 Å². The SMILES string of the molecule is CCCc1nc(N)nc(N)c1-c1cc(C)cc(C)c1. The molecule has 4 nitrogen and oxygen atoms in total. The van der Waals surface area contributed by atoms with E-state index in [-0.39, 0.29) is 5.95 Å². The summed E-state index contributed by atoms with van der Waals surface area (Å²) in [5.41, 5.74) is 17.1. The van der Waals surface area contributed by atoms with Crippen LogP contribution in [0.25, 0.3) is 11.1 Å². The molecule has 2 rings (SSSR count). The molecule has 0 aliphatic carbocycles. The van der Waals surface area contributed by atoms with Crippen LogP contribution in [0, 0.1) is 13.8 Å². The van der Waals surface area contributed by atoms with E-state index >= 15 is 0 Å². The van der Waals surface area contributed by atoms with Crippen molar-refractivity contribution in [3.63, 3.8) is 0 Å². The summed E-state index contributed by atoms with van der Waals surface area (Å²) >= 11 is 0. The number of nitrogens with zero attached hydrogens (tertiary/aromatic N) is 2. The highest BCUT2D eigenvalue weighted by molar-refractivity contribution is 5.77. The molecule has 2 aromatic rings. The first kappa shape index (κ1) is 13.3. The van der Waals surface area contributed by atoms with E-state index in [1.807, 2.05) is 0 Å². The number of hydrogen-bond donors (Lipinski definition) is 2. The smallest absolute Gasteiger partial charge is 0.222 e. The molecule has 0 fully saturated rings. The number of aromatic nitrogens is 2. The largest absolute Gasteiger partial charge is 0.383 e. The summed E-state index contributed by atoms with van der Waals surface area (Å²) in [5.74, 6) is 0.704. The Morgan fingerprint density at radius 3 is 2.21 bits per heavy atom. The third-order valence-electron chi connectivity index (χ3n) is 3.03. The van der Waals surface area contributed by atoms with Crippen molar-refractivity contribution in [2.75, 3.05) is 11.5 Å². The van der Waals surface area contributed by atoms with Gasteiger partial charge in [-0.05, 0) is 25.8 Å². The normalized spacial score (nSPS) is 10.7. The van der Waals surface area contributed by atoms with Crippen molar-refractivity contribution in [2.45, 2.75) is 33.6 Å². The molecular weight excluding hydrogens is 236 g/mol. The summed E-state index contributed by atoms with van der Waals surface area (Å²) in [6.45, 7) is 6.26. The van der Waals surface area contributed by atoms with E-state index in [0.717, 1.165) is 29.7 Å². The maximum absolute atomic E-state index is 6.05. The Morgan fingerprint density at radius 1 is 1.00 bits per heavy atom. The molecule has 0 aliphatic heterocycles. The summed E-state index contributed by atoms with van der Waals surface area (Å²) in [7, 11) is 0. The van der Waals surface area contributed by atoms with Gasteiger partial charge in [0, 0.05) is 5.56 Å².